The molecule has 0 aromatic carbocycles. The number of aryl methyl sites for hydroxylation is 1. The van der Waals surface area contributed by atoms with Gasteiger partial charge in [0.2, 0.25) is 11.7 Å². The fourth-order valence-electron chi connectivity index (χ4n) is 2.03. The van der Waals surface area contributed by atoms with Crippen LogP contribution in [0, 0.1) is 6.92 Å². The van der Waals surface area contributed by atoms with Gasteiger partial charge in [0, 0.05) is 30.5 Å². The number of furan rings is 1. The van der Waals surface area contributed by atoms with Crippen molar-refractivity contribution < 1.29 is 8.94 Å². The lowest BCUT2D eigenvalue weighted by molar-refractivity contribution is 0.363. The van der Waals surface area contributed by atoms with E-state index in [0.717, 1.165) is 30.0 Å². The van der Waals surface area contributed by atoms with Gasteiger partial charge in [0.15, 0.2) is 0 Å². The Morgan fingerprint density at radius 3 is 3.22 bits per heavy atom. The van der Waals surface area contributed by atoms with Gasteiger partial charge in [-0.25, -0.2) is 0 Å². The standard InChI is InChI=1S/C12H15N3O2S/c1-8-10(2-4-16-8)12-14-11(17-15-12)6-9-7-18-5-3-13-9/h2,4,9,13H,3,5-7H2,1H3. The highest BCUT2D eigenvalue weighted by Gasteiger charge is 2.18. The van der Waals surface area contributed by atoms with Crippen molar-refractivity contribution in [2.24, 2.45) is 0 Å². The van der Waals surface area contributed by atoms with Gasteiger partial charge in [-0.15, -0.1) is 0 Å². The molecule has 5 nitrogen and oxygen atoms in total. The fraction of sp³-hybridized carbons (Fsp3) is 0.500. The van der Waals surface area contributed by atoms with E-state index in [0.29, 0.717) is 17.8 Å². The smallest absolute Gasteiger partial charge is 0.228 e. The van der Waals surface area contributed by atoms with Crippen molar-refractivity contribution in [3.63, 3.8) is 0 Å². The van der Waals surface area contributed by atoms with Gasteiger partial charge >= 0.3 is 0 Å². The van der Waals surface area contributed by atoms with Crippen molar-refractivity contribution in [2.75, 3.05) is 18.1 Å². The molecule has 2 aromatic rings. The summed E-state index contributed by atoms with van der Waals surface area (Å²) in [6, 6.07) is 2.29. The lowest BCUT2D eigenvalue weighted by Gasteiger charge is -2.21. The second-order valence-corrected chi connectivity index (χ2v) is 5.48. The Hall–Kier alpha value is -1.27. The van der Waals surface area contributed by atoms with Crippen LogP contribution in [0.4, 0.5) is 0 Å². The molecule has 1 saturated heterocycles. The highest BCUT2D eigenvalue weighted by Crippen LogP contribution is 2.21. The van der Waals surface area contributed by atoms with Gasteiger partial charge < -0.3 is 14.3 Å². The third-order valence-electron chi connectivity index (χ3n) is 2.99. The number of hydrogen-bond acceptors (Lipinski definition) is 6. The lowest BCUT2D eigenvalue weighted by Crippen LogP contribution is -2.38. The minimum absolute atomic E-state index is 0.433. The van der Waals surface area contributed by atoms with Crippen LogP contribution in [0.5, 0.6) is 0 Å². The van der Waals surface area contributed by atoms with Crippen LogP contribution in [0.1, 0.15) is 11.7 Å². The summed E-state index contributed by atoms with van der Waals surface area (Å²) >= 11 is 1.96. The Labute approximate surface area is 109 Å². The van der Waals surface area contributed by atoms with Crippen LogP contribution in [0.3, 0.4) is 0 Å². The predicted molar refractivity (Wildman–Crippen MR) is 69.6 cm³/mol. The van der Waals surface area contributed by atoms with E-state index in [2.05, 4.69) is 15.5 Å². The topological polar surface area (TPSA) is 64.1 Å². The molecule has 1 atom stereocenters. The molecule has 1 N–H and O–H groups in total. The molecular formula is C12H15N3O2S. The summed E-state index contributed by atoms with van der Waals surface area (Å²) in [5.74, 6) is 4.39. The van der Waals surface area contributed by atoms with Crippen molar-refractivity contribution in [3.8, 4) is 11.4 Å². The summed E-state index contributed by atoms with van der Waals surface area (Å²) in [5.41, 5.74) is 0.899. The van der Waals surface area contributed by atoms with Gasteiger partial charge in [0.25, 0.3) is 0 Å². The molecule has 1 unspecified atom stereocenters. The Morgan fingerprint density at radius 1 is 1.56 bits per heavy atom. The molecule has 1 aliphatic heterocycles. The molecule has 0 amide bonds. The molecule has 0 aliphatic carbocycles. The first-order valence-electron chi connectivity index (χ1n) is 6.01. The summed E-state index contributed by atoms with van der Waals surface area (Å²) in [6.45, 7) is 2.95. The number of hydrogen-bond donors (Lipinski definition) is 1. The molecule has 2 aromatic heterocycles. The number of rotatable bonds is 3. The van der Waals surface area contributed by atoms with Crippen LogP contribution >= 0.6 is 11.8 Å². The summed E-state index contributed by atoms with van der Waals surface area (Å²) < 4.78 is 10.5. The molecule has 0 spiro atoms. The third kappa shape index (κ3) is 2.44. The van der Waals surface area contributed by atoms with Crippen molar-refractivity contribution in [2.45, 2.75) is 19.4 Å². The average molecular weight is 265 g/mol. The summed E-state index contributed by atoms with van der Waals surface area (Å²) in [6.07, 6.45) is 2.43. The Bertz CT molecular complexity index is 517. The third-order valence-corrected chi connectivity index (χ3v) is 4.12. The minimum atomic E-state index is 0.433. The van der Waals surface area contributed by atoms with Crippen molar-refractivity contribution in [1.82, 2.24) is 15.5 Å². The predicted octanol–water partition coefficient (Wildman–Crippen LogP) is 1.89. The van der Waals surface area contributed by atoms with Crippen LogP contribution in [-0.2, 0) is 6.42 Å². The molecule has 3 rings (SSSR count). The Morgan fingerprint density at radius 2 is 2.50 bits per heavy atom. The molecule has 0 radical (unpaired) electrons. The quantitative estimate of drug-likeness (QED) is 0.914. The minimum Gasteiger partial charge on any atom is -0.469 e. The molecular weight excluding hydrogens is 250 g/mol. The first kappa shape index (κ1) is 11.8. The van der Waals surface area contributed by atoms with E-state index in [4.69, 9.17) is 8.94 Å². The van der Waals surface area contributed by atoms with Crippen LogP contribution in [0.25, 0.3) is 11.4 Å². The van der Waals surface area contributed by atoms with Crippen LogP contribution in [-0.4, -0.2) is 34.2 Å². The highest BCUT2D eigenvalue weighted by molar-refractivity contribution is 7.99. The van der Waals surface area contributed by atoms with Crippen LogP contribution < -0.4 is 5.32 Å². The van der Waals surface area contributed by atoms with Crippen LogP contribution in [0.2, 0.25) is 0 Å². The molecule has 1 fully saturated rings. The summed E-state index contributed by atoms with van der Waals surface area (Å²) in [5, 5.41) is 7.46. The largest absolute Gasteiger partial charge is 0.469 e. The van der Waals surface area contributed by atoms with Gasteiger partial charge in [-0.1, -0.05) is 5.16 Å². The Kier molecular flexibility index (Phi) is 3.38. The molecule has 3 heterocycles. The fourth-order valence-corrected chi connectivity index (χ4v) is 2.97. The van der Waals surface area contributed by atoms with Gasteiger partial charge in [0.05, 0.1) is 11.8 Å². The first-order valence-corrected chi connectivity index (χ1v) is 7.16. The number of nitrogens with one attached hydrogen (secondary N) is 1. The average Bonchev–Trinajstić information content (AvgIpc) is 2.99. The van der Waals surface area contributed by atoms with Crippen molar-refractivity contribution in [1.29, 1.82) is 0 Å². The van der Waals surface area contributed by atoms with E-state index >= 15 is 0 Å². The molecule has 96 valence electrons. The zero-order valence-electron chi connectivity index (χ0n) is 10.2. The maximum absolute atomic E-state index is 5.29. The SMILES string of the molecule is Cc1occc1-c1noc(CC2CSCCN2)n1. The molecule has 1 aliphatic rings. The molecule has 0 saturated carbocycles. The second-order valence-electron chi connectivity index (χ2n) is 4.33. The molecule has 0 bridgehead atoms. The van der Waals surface area contributed by atoms with Crippen molar-refractivity contribution >= 4 is 11.8 Å². The van der Waals surface area contributed by atoms with E-state index in [1.807, 2.05) is 24.8 Å². The normalized spacial score (nSPS) is 20.2. The zero-order chi connectivity index (χ0) is 12.4. The maximum atomic E-state index is 5.29. The zero-order valence-corrected chi connectivity index (χ0v) is 11.0. The van der Waals surface area contributed by atoms with Crippen LogP contribution in [0.15, 0.2) is 21.3 Å². The van der Waals surface area contributed by atoms with Gasteiger partial charge in [0.1, 0.15) is 5.76 Å². The highest BCUT2D eigenvalue weighted by atomic mass is 32.2. The Balaban J connectivity index is 1.71. The van der Waals surface area contributed by atoms with Gasteiger partial charge in [-0.3, -0.25) is 0 Å². The monoisotopic (exact) mass is 265 g/mol. The van der Waals surface area contributed by atoms with Gasteiger partial charge in [-0.05, 0) is 13.0 Å². The van der Waals surface area contributed by atoms with E-state index in [1.54, 1.807) is 6.26 Å². The van der Waals surface area contributed by atoms with E-state index in [-0.39, 0.29) is 0 Å². The van der Waals surface area contributed by atoms with Crippen molar-refractivity contribution in [3.05, 3.63) is 24.0 Å². The first-order chi connectivity index (χ1) is 8.83. The summed E-state index contributed by atoms with van der Waals surface area (Å²) in [7, 11) is 0. The second kappa shape index (κ2) is 5.16. The molecule has 6 heteroatoms. The summed E-state index contributed by atoms with van der Waals surface area (Å²) in [4.78, 5) is 4.42. The molecule has 18 heavy (non-hydrogen) atoms. The number of thioether (sulfide) groups is 1. The number of nitrogens with zero attached hydrogens (tertiary/aromatic N) is 2. The van der Waals surface area contributed by atoms with Gasteiger partial charge in [-0.2, -0.15) is 16.7 Å². The van der Waals surface area contributed by atoms with E-state index < -0.39 is 0 Å². The maximum Gasteiger partial charge on any atom is 0.228 e. The van der Waals surface area contributed by atoms with E-state index in [9.17, 15) is 0 Å². The lowest BCUT2D eigenvalue weighted by atomic mass is 10.2. The number of aromatic nitrogens is 2. The van der Waals surface area contributed by atoms with E-state index in [1.165, 1.54) is 5.75 Å².